The third-order valence-corrected chi connectivity index (χ3v) is 7.79. The molecule has 2 aromatic carbocycles. The Labute approximate surface area is 199 Å². The van der Waals surface area contributed by atoms with Crippen molar-refractivity contribution in [1.29, 1.82) is 0 Å². The first-order chi connectivity index (χ1) is 16.1. The minimum absolute atomic E-state index is 0.0430. The van der Waals surface area contributed by atoms with E-state index in [0.29, 0.717) is 24.2 Å². The summed E-state index contributed by atoms with van der Waals surface area (Å²) in [4.78, 5) is 38.7. The normalized spacial score (nSPS) is 17.5. The number of carbonyl (C=O) groups excluding carboxylic acids is 3. The van der Waals surface area contributed by atoms with Gasteiger partial charge >= 0.3 is 6.03 Å². The highest BCUT2D eigenvalue weighted by Gasteiger charge is 2.51. The first-order valence-electron chi connectivity index (χ1n) is 11.2. The fraction of sp³-hybridized carbons (Fsp3) is 0.375. The van der Waals surface area contributed by atoms with Crippen molar-refractivity contribution in [3.05, 3.63) is 53.6 Å². The van der Waals surface area contributed by atoms with Gasteiger partial charge in [0.15, 0.2) is 0 Å². The minimum atomic E-state index is -3.82. The number of sulfonamides is 1. The molecule has 2 aliphatic rings. The fourth-order valence-electron chi connectivity index (χ4n) is 4.54. The monoisotopic (exact) mass is 484 g/mol. The molecule has 2 fully saturated rings. The van der Waals surface area contributed by atoms with Gasteiger partial charge < -0.3 is 10.6 Å². The standard InChI is InChI=1S/C24H28N4O5S/c1-16-7-6-8-17(2)21(16)27-34(32,33)19-11-9-18(10-12-19)25-20(29)15-28-22(30)24(26-23(28)31)13-4-3-5-14-24/h6-12,27H,3-5,13-15H2,1-2H3,(H,25,29)(H,26,31). The van der Waals surface area contributed by atoms with Gasteiger partial charge in [0.2, 0.25) is 5.91 Å². The number of nitrogens with zero attached hydrogens (tertiary/aromatic N) is 1. The number of benzene rings is 2. The topological polar surface area (TPSA) is 125 Å². The van der Waals surface area contributed by atoms with Crippen molar-refractivity contribution >= 4 is 39.2 Å². The van der Waals surface area contributed by atoms with Crippen molar-refractivity contribution in [1.82, 2.24) is 10.2 Å². The van der Waals surface area contributed by atoms with Crippen molar-refractivity contribution in [3.63, 3.8) is 0 Å². The van der Waals surface area contributed by atoms with Crippen molar-refractivity contribution < 1.29 is 22.8 Å². The van der Waals surface area contributed by atoms with Crippen LogP contribution in [-0.2, 0) is 19.6 Å². The molecule has 1 saturated heterocycles. The molecule has 0 aromatic heterocycles. The number of hydrogen-bond donors (Lipinski definition) is 3. The molecule has 2 aromatic rings. The maximum absolute atomic E-state index is 12.8. The smallest absolute Gasteiger partial charge is 0.325 e. The summed E-state index contributed by atoms with van der Waals surface area (Å²) in [6.07, 6.45) is 3.92. The molecule has 1 saturated carbocycles. The van der Waals surface area contributed by atoms with Crippen LogP contribution in [-0.4, -0.2) is 43.2 Å². The highest BCUT2D eigenvalue weighted by atomic mass is 32.2. The van der Waals surface area contributed by atoms with Crippen LogP contribution in [0.5, 0.6) is 0 Å². The van der Waals surface area contributed by atoms with Crippen LogP contribution < -0.4 is 15.4 Å². The quantitative estimate of drug-likeness (QED) is 0.543. The molecule has 10 heteroatoms. The number of hydrogen-bond acceptors (Lipinski definition) is 5. The Morgan fingerprint density at radius 2 is 1.62 bits per heavy atom. The summed E-state index contributed by atoms with van der Waals surface area (Å²) in [6.45, 7) is 3.25. The van der Waals surface area contributed by atoms with Crippen molar-refractivity contribution in [2.45, 2.75) is 56.4 Å². The molecule has 1 heterocycles. The highest BCUT2D eigenvalue weighted by molar-refractivity contribution is 7.92. The van der Waals surface area contributed by atoms with Gasteiger partial charge in [-0.15, -0.1) is 0 Å². The van der Waals surface area contributed by atoms with Gasteiger partial charge in [-0.05, 0) is 62.1 Å². The van der Waals surface area contributed by atoms with E-state index >= 15 is 0 Å². The fourth-order valence-corrected chi connectivity index (χ4v) is 5.75. The lowest BCUT2D eigenvalue weighted by molar-refractivity contribution is -0.134. The van der Waals surface area contributed by atoms with Crippen LogP contribution in [0.25, 0.3) is 0 Å². The van der Waals surface area contributed by atoms with E-state index in [-0.39, 0.29) is 10.8 Å². The lowest BCUT2D eigenvalue weighted by Gasteiger charge is -2.30. The van der Waals surface area contributed by atoms with E-state index < -0.39 is 34.0 Å². The summed E-state index contributed by atoms with van der Waals surface area (Å²) < 4.78 is 28.2. The zero-order chi connectivity index (χ0) is 24.5. The zero-order valence-corrected chi connectivity index (χ0v) is 20.0. The van der Waals surface area contributed by atoms with Gasteiger partial charge in [-0.25, -0.2) is 13.2 Å². The zero-order valence-electron chi connectivity index (χ0n) is 19.2. The first-order valence-corrected chi connectivity index (χ1v) is 12.7. The van der Waals surface area contributed by atoms with Gasteiger partial charge in [0, 0.05) is 5.69 Å². The second-order valence-corrected chi connectivity index (χ2v) is 10.6. The van der Waals surface area contributed by atoms with Crippen LogP contribution in [0.4, 0.5) is 16.2 Å². The average molecular weight is 485 g/mol. The molecule has 34 heavy (non-hydrogen) atoms. The number of carbonyl (C=O) groups is 3. The van der Waals surface area contributed by atoms with Crippen LogP contribution in [0, 0.1) is 13.8 Å². The lowest BCUT2D eigenvalue weighted by Crippen LogP contribution is -2.48. The number of imide groups is 1. The van der Waals surface area contributed by atoms with Gasteiger partial charge in [0.25, 0.3) is 15.9 Å². The number of nitrogens with one attached hydrogen (secondary N) is 3. The molecule has 9 nitrogen and oxygen atoms in total. The van der Waals surface area contributed by atoms with E-state index in [1.807, 2.05) is 32.0 Å². The van der Waals surface area contributed by atoms with Gasteiger partial charge in [0.05, 0.1) is 10.6 Å². The molecular weight excluding hydrogens is 456 g/mol. The van der Waals surface area contributed by atoms with Crippen LogP contribution in [0.1, 0.15) is 43.2 Å². The summed E-state index contributed by atoms with van der Waals surface area (Å²) in [5, 5.41) is 5.39. The molecule has 1 aliphatic heterocycles. The van der Waals surface area contributed by atoms with Gasteiger partial charge in [-0.2, -0.15) is 0 Å². The van der Waals surface area contributed by atoms with Crippen molar-refractivity contribution in [3.8, 4) is 0 Å². The summed E-state index contributed by atoms with van der Waals surface area (Å²) in [5.74, 6) is -0.896. The highest BCUT2D eigenvalue weighted by Crippen LogP contribution is 2.33. The Bertz CT molecular complexity index is 1210. The molecule has 3 N–H and O–H groups in total. The number of rotatable bonds is 6. The second-order valence-electron chi connectivity index (χ2n) is 8.91. The van der Waals surface area contributed by atoms with Crippen LogP contribution in [0.15, 0.2) is 47.4 Å². The molecule has 1 spiro atoms. The van der Waals surface area contributed by atoms with E-state index in [2.05, 4.69) is 15.4 Å². The van der Waals surface area contributed by atoms with Crippen LogP contribution in [0.2, 0.25) is 0 Å². The van der Waals surface area contributed by atoms with E-state index in [9.17, 15) is 22.8 Å². The molecule has 180 valence electrons. The number of aryl methyl sites for hydroxylation is 2. The van der Waals surface area contributed by atoms with Crippen LogP contribution in [0.3, 0.4) is 0 Å². The first kappa shape index (κ1) is 23.7. The maximum Gasteiger partial charge on any atom is 0.325 e. The predicted molar refractivity (Wildman–Crippen MR) is 128 cm³/mol. The Kier molecular flexibility index (Phi) is 6.35. The molecule has 4 amide bonds. The summed E-state index contributed by atoms with van der Waals surface area (Å²) in [6, 6.07) is 10.6. The molecule has 0 bridgehead atoms. The van der Waals surface area contributed by atoms with E-state index in [1.54, 1.807) is 0 Å². The van der Waals surface area contributed by atoms with Gasteiger partial charge in [0.1, 0.15) is 12.1 Å². The van der Waals surface area contributed by atoms with E-state index in [4.69, 9.17) is 0 Å². The van der Waals surface area contributed by atoms with Gasteiger partial charge in [-0.3, -0.25) is 19.2 Å². The minimum Gasteiger partial charge on any atom is -0.325 e. The average Bonchev–Trinajstić information content (AvgIpc) is 3.01. The summed E-state index contributed by atoms with van der Waals surface area (Å²) in [7, 11) is -3.82. The number of amides is 4. The number of para-hydroxylation sites is 1. The Balaban J connectivity index is 1.40. The van der Waals surface area contributed by atoms with E-state index in [1.165, 1.54) is 24.3 Å². The number of anilines is 2. The molecule has 1 aliphatic carbocycles. The van der Waals surface area contributed by atoms with E-state index in [0.717, 1.165) is 35.3 Å². The molecule has 0 unspecified atom stereocenters. The predicted octanol–water partition coefficient (Wildman–Crippen LogP) is 3.30. The maximum atomic E-state index is 12.8. The largest absolute Gasteiger partial charge is 0.325 e. The summed E-state index contributed by atoms with van der Waals surface area (Å²) in [5.41, 5.74) is 1.62. The second kappa shape index (κ2) is 9.09. The SMILES string of the molecule is Cc1cccc(C)c1NS(=O)(=O)c1ccc(NC(=O)CN2C(=O)NC3(CCCCC3)C2=O)cc1. The Morgan fingerprint density at radius 1 is 1.00 bits per heavy atom. The third kappa shape index (κ3) is 4.63. The molecule has 0 atom stereocenters. The number of urea groups is 1. The summed E-state index contributed by atoms with van der Waals surface area (Å²) >= 11 is 0. The molecular formula is C24H28N4O5S. The lowest BCUT2D eigenvalue weighted by atomic mass is 9.82. The van der Waals surface area contributed by atoms with Crippen LogP contribution >= 0.6 is 0 Å². The van der Waals surface area contributed by atoms with Crippen molar-refractivity contribution in [2.24, 2.45) is 0 Å². The molecule has 0 radical (unpaired) electrons. The van der Waals surface area contributed by atoms with Crippen molar-refractivity contribution in [2.75, 3.05) is 16.6 Å². The molecule has 4 rings (SSSR count). The third-order valence-electron chi connectivity index (χ3n) is 6.42. The Hall–Kier alpha value is -3.40. The van der Waals surface area contributed by atoms with Gasteiger partial charge in [-0.1, -0.05) is 37.5 Å². The Morgan fingerprint density at radius 3 is 2.24 bits per heavy atom.